The Morgan fingerprint density at radius 3 is 2.50 bits per heavy atom. The maximum absolute atomic E-state index is 11.1. The predicted molar refractivity (Wildman–Crippen MR) is 36.7 cm³/mol. The molecule has 3 unspecified atom stereocenters. The third kappa shape index (κ3) is 0.511. The minimum atomic E-state index is -0.319. The lowest BCUT2D eigenvalue weighted by Gasteiger charge is -2.11. The monoisotopic (exact) mass is 140 g/mol. The number of Topliss-reactive ketones (excluding diaryl/α,β-unsaturated/α-hetero) is 1. The van der Waals surface area contributed by atoms with Crippen LogP contribution in [0.2, 0.25) is 0 Å². The molecule has 56 valence electrons. The number of ether oxygens (including phenoxy) is 1. The quantitative estimate of drug-likeness (QED) is 0.511. The van der Waals surface area contributed by atoms with Crippen molar-refractivity contribution < 1.29 is 9.53 Å². The first-order valence-corrected chi connectivity index (χ1v) is 3.87. The number of carbonyl (C=O) groups is 1. The molecule has 0 aromatic rings. The van der Waals surface area contributed by atoms with Crippen LogP contribution in [0.25, 0.3) is 0 Å². The van der Waals surface area contributed by atoms with Gasteiger partial charge in [-0.25, -0.2) is 0 Å². The highest BCUT2D eigenvalue weighted by Crippen LogP contribution is 2.53. The van der Waals surface area contributed by atoms with Gasteiger partial charge in [0.2, 0.25) is 0 Å². The van der Waals surface area contributed by atoms with E-state index < -0.39 is 0 Å². The van der Waals surface area contributed by atoms with Crippen LogP contribution in [0.4, 0.5) is 0 Å². The van der Waals surface area contributed by atoms with E-state index in [1.807, 2.05) is 0 Å². The fraction of sp³-hybridized carbons (Fsp3) is 0.875. The van der Waals surface area contributed by atoms with Crippen molar-refractivity contribution in [2.24, 2.45) is 5.92 Å². The Labute approximate surface area is 60.6 Å². The molecule has 2 fully saturated rings. The molecule has 0 radical (unpaired) electrons. The molecule has 1 aliphatic heterocycles. The molecule has 2 aliphatic rings. The van der Waals surface area contributed by atoms with Crippen LogP contribution in [0.3, 0.4) is 0 Å². The van der Waals surface area contributed by atoms with E-state index in [4.69, 9.17) is 4.74 Å². The van der Waals surface area contributed by atoms with Crippen LogP contribution < -0.4 is 0 Å². The molecule has 2 nitrogen and oxygen atoms in total. The second kappa shape index (κ2) is 1.62. The molecule has 10 heavy (non-hydrogen) atoms. The molecule has 1 saturated heterocycles. The van der Waals surface area contributed by atoms with Crippen LogP contribution in [0.15, 0.2) is 0 Å². The highest BCUT2D eigenvalue weighted by molar-refractivity contribution is 5.89. The Kier molecular flexibility index (Phi) is 1.03. The van der Waals surface area contributed by atoms with Crippen molar-refractivity contribution >= 4 is 5.78 Å². The predicted octanol–water partition coefficient (Wildman–Crippen LogP) is 1.14. The molecule has 0 amide bonds. The highest BCUT2D eigenvalue weighted by atomic mass is 16.6. The van der Waals surface area contributed by atoms with Gasteiger partial charge in [0.1, 0.15) is 0 Å². The van der Waals surface area contributed by atoms with E-state index in [2.05, 4.69) is 6.92 Å². The topological polar surface area (TPSA) is 29.6 Å². The van der Waals surface area contributed by atoms with Gasteiger partial charge < -0.3 is 4.74 Å². The number of fused-ring (bicyclic) bond motifs is 1. The Bertz CT molecular complexity index is 188. The zero-order valence-electron chi connectivity index (χ0n) is 6.39. The van der Waals surface area contributed by atoms with Gasteiger partial charge in [-0.05, 0) is 25.7 Å². The minimum Gasteiger partial charge on any atom is -0.357 e. The van der Waals surface area contributed by atoms with Gasteiger partial charge in [0.15, 0.2) is 11.4 Å². The number of ketones is 1. The molecule has 1 aliphatic carbocycles. The molecule has 1 saturated carbocycles. The van der Waals surface area contributed by atoms with Gasteiger partial charge in [-0.2, -0.15) is 0 Å². The number of epoxide rings is 1. The van der Waals surface area contributed by atoms with Crippen molar-refractivity contribution in [1.82, 2.24) is 0 Å². The van der Waals surface area contributed by atoms with Crippen LogP contribution in [0.1, 0.15) is 26.7 Å². The van der Waals surface area contributed by atoms with E-state index in [1.165, 1.54) is 0 Å². The molecule has 2 rings (SSSR count). The van der Waals surface area contributed by atoms with E-state index in [0.29, 0.717) is 5.92 Å². The van der Waals surface area contributed by atoms with E-state index in [0.717, 1.165) is 12.8 Å². The average molecular weight is 140 g/mol. The van der Waals surface area contributed by atoms with E-state index >= 15 is 0 Å². The van der Waals surface area contributed by atoms with Crippen LogP contribution in [-0.2, 0) is 9.53 Å². The molecule has 0 aromatic heterocycles. The van der Waals surface area contributed by atoms with Gasteiger partial charge in [0.05, 0.1) is 6.10 Å². The Balaban J connectivity index is 2.25. The SMILES string of the molecule is CC(=O)C12OC1CCC2C. The first-order valence-electron chi connectivity index (χ1n) is 3.87. The Morgan fingerprint density at radius 2 is 2.30 bits per heavy atom. The maximum atomic E-state index is 11.1. The smallest absolute Gasteiger partial charge is 0.164 e. The first-order chi connectivity index (χ1) is 4.68. The summed E-state index contributed by atoms with van der Waals surface area (Å²) in [6, 6.07) is 0. The zero-order valence-corrected chi connectivity index (χ0v) is 6.39. The molecule has 0 N–H and O–H groups in total. The molecule has 0 aromatic carbocycles. The van der Waals surface area contributed by atoms with Crippen LogP contribution in [0.5, 0.6) is 0 Å². The summed E-state index contributed by atoms with van der Waals surface area (Å²) in [5, 5.41) is 0. The Morgan fingerprint density at radius 1 is 1.60 bits per heavy atom. The van der Waals surface area contributed by atoms with Crippen molar-refractivity contribution in [2.75, 3.05) is 0 Å². The molecule has 0 bridgehead atoms. The minimum absolute atomic E-state index is 0.225. The lowest BCUT2D eigenvalue weighted by atomic mass is 9.93. The number of hydrogen-bond donors (Lipinski definition) is 0. The summed E-state index contributed by atoms with van der Waals surface area (Å²) >= 11 is 0. The van der Waals surface area contributed by atoms with Crippen LogP contribution in [-0.4, -0.2) is 17.5 Å². The van der Waals surface area contributed by atoms with Gasteiger partial charge in [-0.1, -0.05) is 6.92 Å². The summed E-state index contributed by atoms with van der Waals surface area (Å²) in [5.74, 6) is 0.678. The summed E-state index contributed by atoms with van der Waals surface area (Å²) in [6.45, 7) is 3.75. The largest absolute Gasteiger partial charge is 0.357 e. The second-order valence-electron chi connectivity index (χ2n) is 3.43. The number of rotatable bonds is 1. The van der Waals surface area contributed by atoms with Crippen molar-refractivity contribution in [2.45, 2.75) is 38.4 Å². The summed E-state index contributed by atoms with van der Waals surface area (Å²) in [4.78, 5) is 11.1. The van der Waals surface area contributed by atoms with E-state index in [9.17, 15) is 4.79 Å². The van der Waals surface area contributed by atoms with E-state index in [-0.39, 0.29) is 17.5 Å². The molecule has 2 heteroatoms. The number of hydrogen-bond acceptors (Lipinski definition) is 2. The van der Waals surface area contributed by atoms with E-state index in [1.54, 1.807) is 6.92 Å². The summed E-state index contributed by atoms with van der Waals surface area (Å²) in [6.07, 6.45) is 2.52. The average Bonchev–Trinajstić information content (AvgIpc) is 2.52. The van der Waals surface area contributed by atoms with Gasteiger partial charge in [0.25, 0.3) is 0 Å². The van der Waals surface area contributed by atoms with Crippen LogP contribution in [0, 0.1) is 5.92 Å². The summed E-state index contributed by atoms with van der Waals surface area (Å²) in [5.41, 5.74) is -0.319. The third-order valence-electron chi connectivity index (χ3n) is 2.90. The van der Waals surface area contributed by atoms with Gasteiger partial charge >= 0.3 is 0 Å². The second-order valence-corrected chi connectivity index (χ2v) is 3.43. The fourth-order valence-electron chi connectivity index (χ4n) is 2.18. The van der Waals surface area contributed by atoms with Gasteiger partial charge in [0, 0.05) is 0 Å². The third-order valence-corrected chi connectivity index (χ3v) is 2.90. The summed E-state index contributed by atoms with van der Waals surface area (Å²) in [7, 11) is 0. The van der Waals surface area contributed by atoms with Gasteiger partial charge in [-0.15, -0.1) is 0 Å². The van der Waals surface area contributed by atoms with Crippen molar-refractivity contribution in [1.29, 1.82) is 0 Å². The lowest BCUT2D eigenvalue weighted by Crippen LogP contribution is -2.27. The molecule has 0 spiro atoms. The molecular weight excluding hydrogens is 128 g/mol. The Hall–Kier alpha value is -0.370. The fourth-order valence-corrected chi connectivity index (χ4v) is 2.18. The lowest BCUT2D eigenvalue weighted by molar-refractivity contribution is -0.123. The molecule has 3 atom stereocenters. The maximum Gasteiger partial charge on any atom is 0.164 e. The first kappa shape index (κ1) is 6.35. The zero-order chi connectivity index (χ0) is 7.35. The summed E-state index contributed by atoms with van der Waals surface area (Å²) < 4.78 is 5.36. The number of carbonyl (C=O) groups excluding carboxylic acids is 1. The van der Waals surface area contributed by atoms with Crippen LogP contribution >= 0.6 is 0 Å². The van der Waals surface area contributed by atoms with Crippen molar-refractivity contribution in [3.05, 3.63) is 0 Å². The highest BCUT2D eigenvalue weighted by Gasteiger charge is 2.66. The van der Waals surface area contributed by atoms with Crippen molar-refractivity contribution in [3.8, 4) is 0 Å². The van der Waals surface area contributed by atoms with Gasteiger partial charge in [-0.3, -0.25) is 4.79 Å². The normalized spacial score (nSPS) is 50.6. The molecular formula is C8H12O2. The standard InChI is InChI=1S/C8H12O2/c1-5-3-4-7-8(5,10-7)6(2)9/h5,7H,3-4H2,1-2H3. The van der Waals surface area contributed by atoms with Crippen molar-refractivity contribution in [3.63, 3.8) is 0 Å². The molecule has 1 heterocycles.